The second-order valence-corrected chi connectivity index (χ2v) is 20.6. The number of unbranched alkanes of at least 4 members (excludes halogenated alkanes) is 7. The zero-order valence-electron chi connectivity index (χ0n) is 38.8. The van der Waals surface area contributed by atoms with Gasteiger partial charge >= 0.3 is 33.3 Å². The molecule has 21 nitrogen and oxygen atoms in total. The van der Waals surface area contributed by atoms with Crippen molar-refractivity contribution in [2.24, 2.45) is 17.8 Å². The highest BCUT2D eigenvalue weighted by Gasteiger charge is 2.45. The van der Waals surface area contributed by atoms with Gasteiger partial charge in [0, 0.05) is 31.4 Å². The molecule has 0 saturated carbocycles. The summed E-state index contributed by atoms with van der Waals surface area (Å²) in [4.78, 5) is 77.9. The van der Waals surface area contributed by atoms with E-state index >= 15 is 0 Å². The number of aliphatic hydroxyl groups excluding tert-OH is 4. The van der Waals surface area contributed by atoms with Crippen molar-refractivity contribution in [3.63, 3.8) is 0 Å². The number of phosphoric ester groups is 2. The Labute approximate surface area is 392 Å². The van der Waals surface area contributed by atoms with Crippen LogP contribution in [-0.2, 0) is 51.1 Å². The molecule has 2 aliphatic heterocycles. The van der Waals surface area contributed by atoms with Gasteiger partial charge in [-0.2, -0.15) is 9.29 Å². The van der Waals surface area contributed by atoms with Gasteiger partial charge in [0.25, 0.3) is 0 Å². The molecule has 0 aromatic carbocycles. The molecule has 11 atom stereocenters. The number of phosphoric acid groups is 2. The zero-order valence-corrected chi connectivity index (χ0v) is 40.6. The highest BCUT2D eigenvalue weighted by Crippen LogP contribution is 2.60. The zero-order chi connectivity index (χ0) is 49.6. The summed E-state index contributed by atoms with van der Waals surface area (Å²) in [5.41, 5.74) is 4.70. The standard InChI is InChI=1S/C44H73N3O18P2/c1-4-5-12-18-31(48)22-23-33-35(49)26-36(50)34-19-14-10-11-16-21-40(52)63-32(27-60-39(51)20-15-9-7-6-8-13-17-30(2)3)28-61-66(56,57)65-67(58,59)62-29-37(42(54)41(33)53)64-43(34)47-25-24-38(45)46-44(47)55/h10,14,22-25,30-35,37,41-43,48-49,53-54H,4-9,11-13,15-21,26-29H2,1-3H3,(H,56,57)(H,58,59)(H2,45,46,55)/t31-,32+,33-,34-,35+,37+,41-,42+,43+/m0/s1. The minimum atomic E-state index is -5.71. The van der Waals surface area contributed by atoms with Crippen molar-refractivity contribution in [1.29, 1.82) is 0 Å². The Bertz CT molecular complexity index is 1900. The highest BCUT2D eigenvalue weighted by atomic mass is 31.3. The van der Waals surface area contributed by atoms with Gasteiger partial charge in [-0.3, -0.25) is 28.0 Å². The minimum Gasteiger partial charge on any atom is -0.462 e. The number of ether oxygens (including phenoxy) is 3. The SMILES string of the molecule is CCCCC[C@H](O)C=C[C@@H]1[C@H](O)[C@H](O)[C@H]2COP(=O)(O)OP(=O)(O)OC[C@@H](COC(=O)CCCCCCCCC(C)C)OC(=O)CCCC=CC[C@@H](C(=O)C[C@H]1O)[C@H](n1ccc(N)nc1=O)O2. The number of fused-ring (bicyclic) bond motifs is 3. The maximum atomic E-state index is 14.2. The minimum absolute atomic E-state index is 0.0733. The van der Waals surface area contributed by atoms with Gasteiger partial charge in [0.2, 0.25) is 0 Å². The van der Waals surface area contributed by atoms with E-state index in [1.54, 1.807) is 12.2 Å². The number of carbonyl (C=O) groups is 3. The van der Waals surface area contributed by atoms with E-state index in [0.29, 0.717) is 25.2 Å². The number of ketones is 1. The van der Waals surface area contributed by atoms with Crippen LogP contribution in [0.4, 0.5) is 5.82 Å². The topological polar surface area (TPSA) is 323 Å². The number of aliphatic hydroxyl groups is 4. The summed E-state index contributed by atoms with van der Waals surface area (Å²) in [5, 5.41) is 45.3. The summed E-state index contributed by atoms with van der Waals surface area (Å²) >= 11 is 0. The van der Waals surface area contributed by atoms with Crippen molar-refractivity contribution in [3.05, 3.63) is 47.1 Å². The fourth-order valence-corrected chi connectivity index (χ4v) is 9.65. The lowest BCUT2D eigenvalue weighted by atomic mass is 9.83. The van der Waals surface area contributed by atoms with Gasteiger partial charge in [-0.15, -0.1) is 0 Å². The highest BCUT2D eigenvalue weighted by molar-refractivity contribution is 7.61. The van der Waals surface area contributed by atoms with Gasteiger partial charge in [0.05, 0.1) is 37.4 Å². The Hall–Kier alpha value is -3.17. The van der Waals surface area contributed by atoms with Crippen molar-refractivity contribution in [1.82, 2.24) is 9.55 Å². The lowest BCUT2D eigenvalue weighted by Gasteiger charge is -2.38. The van der Waals surface area contributed by atoms with Crippen LogP contribution in [0.5, 0.6) is 0 Å². The number of cyclic esters (lactones) is 1. The molecule has 3 rings (SSSR count). The molecule has 0 radical (unpaired) electrons. The molecule has 2 unspecified atom stereocenters. The first-order valence-electron chi connectivity index (χ1n) is 23.3. The summed E-state index contributed by atoms with van der Waals surface area (Å²) in [6.07, 6.45) is 3.81. The first-order valence-corrected chi connectivity index (χ1v) is 26.3. The van der Waals surface area contributed by atoms with Crippen LogP contribution in [0.2, 0.25) is 0 Å². The number of nitrogens with zero attached hydrogens (tertiary/aromatic N) is 2. The molecule has 1 saturated heterocycles. The molecule has 2 bridgehead atoms. The van der Waals surface area contributed by atoms with Crippen molar-refractivity contribution in [2.75, 3.05) is 25.6 Å². The Kier molecular flexibility index (Phi) is 25.8. The van der Waals surface area contributed by atoms with Crippen LogP contribution >= 0.6 is 15.6 Å². The number of rotatable bonds is 18. The molecule has 23 heteroatoms. The summed E-state index contributed by atoms with van der Waals surface area (Å²) in [5.74, 6) is -4.48. The van der Waals surface area contributed by atoms with Crippen molar-refractivity contribution >= 4 is 39.2 Å². The van der Waals surface area contributed by atoms with E-state index in [9.17, 15) is 58.5 Å². The van der Waals surface area contributed by atoms with E-state index in [1.165, 1.54) is 18.2 Å². The largest absolute Gasteiger partial charge is 0.481 e. The molecule has 1 aromatic rings. The third-order valence-electron chi connectivity index (χ3n) is 11.3. The van der Waals surface area contributed by atoms with Crippen LogP contribution in [0, 0.1) is 17.8 Å². The number of anilines is 1. The van der Waals surface area contributed by atoms with E-state index in [2.05, 4.69) is 23.1 Å². The van der Waals surface area contributed by atoms with Crippen LogP contribution in [0.25, 0.3) is 0 Å². The number of hydrogen-bond acceptors (Lipinski definition) is 18. The first-order chi connectivity index (χ1) is 31.7. The maximum Gasteiger partial charge on any atom is 0.481 e. The smallest absolute Gasteiger partial charge is 0.462 e. The van der Waals surface area contributed by atoms with E-state index in [4.69, 9.17) is 29.0 Å². The number of nitrogen functional groups attached to an aromatic ring is 1. The van der Waals surface area contributed by atoms with Crippen LogP contribution < -0.4 is 11.4 Å². The molecule has 8 N–H and O–H groups in total. The fraction of sp³-hybridized carbons (Fsp3) is 0.750. The normalized spacial score (nSPS) is 30.5. The van der Waals surface area contributed by atoms with E-state index < -0.39 is 120 Å². The van der Waals surface area contributed by atoms with Gasteiger partial charge in [0.1, 0.15) is 36.6 Å². The molecule has 67 heavy (non-hydrogen) atoms. The Morgan fingerprint density at radius 1 is 0.955 bits per heavy atom. The van der Waals surface area contributed by atoms with Crippen LogP contribution in [0.15, 0.2) is 41.4 Å². The lowest BCUT2D eigenvalue weighted by Crippen LogP contribution is -2.51. The van der Waals surface area contributed by atoms with Crippen LogP contribution in [0.1, 0.15) is 136 Å². The third kappa shape index (κ3) is 22.0. The Morgan fingerprint density at radius 2 is 1.63 bits per heavy atom. The monoisotopic (exact) mass is 993 g/mol. The van der Waals surface area contributed by atoms with Gasteiger partial charge in [-0.25, -0.2) is 13.9 Å². The molecular formula is C44H73N3O18P2. The molecule has 1 aromatic heterocycles. The van der Waals surface area contributed by atoms with Gasteiger partial charge in [-0.05, 0) is 44.1 Å². The number of aromatic nitrogens is 2. The second kappa shape index (κ2) is 29.8. The number of esters is 2. The summed E-state index contributed by atoms with van der Waals surface area (Å²) in [6.45, 7) is 3.59. The van der Waals surface area contributed by atoms with Crippen molar-refractivity contribution in [3.8, 4) is 0 Å². The quantitative estimate of drug-likeness (QED) is 0.0435. The van der Waals surface area contributed by atoms with Gasteiger partial charge < -0.3 is 50.2 Å². The molecule has 0 spiro atoms. The second-order valence-electron chi connectivity index (χ2n) is 17.5. The molecule has 0 amide bonds. The molecule has 0 aliphatic carbocycles. The molecule has 3 heterocycles. The predicted molar refractivity (Wildman–Crippen MR) is 244 cm³/mol. The van der Waals surface area contributed by atoms with Crippen molar-refractivity contribution in [2.45, 2.75) is 173 Å². The fourth-order valence-electron chi connectivity index (χ4n) is 7.54. The Morgan fingerprint density at radius 3 is 2.31 bits per heavy atom. The lowest BCUT2D eigenvalue weighted by molar-refractivity contribution is -0.183. The van der Waals surface area contributed by atoms with Gasteiger partial charge in [-0.1, -0.05) is 103 Å². The predicted octanol–water partition coefficient (Wildman–Crippen LogP) is 5.11. The van der Waals surface area contributed by atoms with E-state index in [-0.39, 0.29) is 37.9 Å². The maximum absolute atomic E-state index is 14.2. The summed E-state index contributed by atoms with van der Waals surface area (Å²) in [6, 6.07) is 1.21. The van der Waals surface area contributed by atoms with Gasteiger partial charge in [0.15, 0.2) is 6.10 Å². The Balaban J connectivity index is 1.92. The first kappa shape index (κ1) is 58.1. The van der Waals surface area contributed by atoms with Crippen molar-refractivity contribution < 1.29 is 81.3 Å². The number of hydrogen-bond donors (Lipinski definition) is 7. The number of allylic oxidation sites excluding steroid dienone is 2. The third-order valence-corrected chi connectivity index (χ3v) is 13.9. The molecule has 2 aliphatic rings. The van der Waals surface area contributed by atoms with Crippen LogP contribution in [-0.4, -0.2) is 114 Å². The molecular weight excluding hydrogens is 920 g/mol. The number of carbonyl (C=O) groups excluding carboxylic acids is 3. The number of Topliss-reactive ketones (excluding diaryl/α,β-unsaturated/α-hetero) is 1. The molecule has 382 valence electrons. The molecule has 1 fully saturated rings. The van der Waals surface area contributed by atoms with E-state index in [1.807, 2.05) is 6.92 Å². The summed E-state index contributed by atoms with van der Waals surface area (Å²) in [7, 11) is -11.3. The van der Waals surface area contributed by atoms with Crippen LogP contribution in [0.3, 0.4) is 0 Å². The average Bonchev–Trinajstić information content (AvgIpc) is 3.24. The van der Waals surface area contributed by atoms with E-state index in [0.717, 1.165) is 62.1 Å². The average molecular weight is 994 g/mol. The summed E-state index contributed by atoms with van der Waals surface area (Å²) < 4.78 is 58.5. The number of nitrogens with two attached hydrogens (primary N) is 1.